The van der Waals surface area contributed by atoms with Gasteiger partial charge >= 0.3 is 0 Å². The Balaban J connectivity index is 1.91. The first-order valence-corrected chi connectivity index (χ1v) is 11.5. The molecule has 6 nitrogen and oxygen atoms in total. The fourth-order valence-electron chi connectivity index (χ4n) is 3.75. The molecule has 178 valence electrons. The van der Waals surface area contributed by atoms with Crippen LogP contribution in [0.25, 0.3) is 0 Å². The predicted octanol–water partition coefficient (Wildman–Crippen LogP) is 4.37. The summed E-state index contributed by atoms with van der Waals surface area (Å²) < 4.78 is 10.7. The third kappa shape index (κ3) is 6.51. The highest BCUT2D eigenvalue weighted by atomic mass is 35.5. The number of methoxy groups -OCH3 is 2. The predicted molar refractivity (Wildman–Crippen MR) is 133 cm³/mol. The molecule has 1 unspecified atom stereocenters. The molecule has 2 amide bonds. The number of rotatable bonds is 11. The van der Waals surface area contributed by atoms with Gasteiger partial charge in [-0.25, -0.2) is 0 Å². The molecule has 7 heteroatoms. The average molecular weight is 481 g/mol. The van der Waals surface area contributed by atoms with E-state index in [-0.39, 0.29) is 24.2 Å². The number of nitrogens with one attached hydrogen (secondary N) is 1. The van der Waals surface area contributed by atoms with Gasteiger partial charge in [-0.15, -0.1) is 11.6 Å². The molecule has 3 aromatic rings. The first-order valence-electron chi connectivity index (χ1n) is 11.0. The van der Waals surface area contributed by atoms with E-state index in [1.807, 2.05) is 54.6 Å². The van der Waals surface area contributed by atoms with E-state index in [1.54, 1.807) is 38.5 Å². The van der Waals surface area contributed by atoms with Crippen molar-refractivity contribution in [3.8, 4) is 11.5 Å². The zero-order chi connectivity index (χ0) is 24.3. The number of hydrogen-bond acceptors (Lipinski definition) is 4. The summed E-state index contributed by atoms with van der Waals surface area (Å²) in [5, 5.41) is 2.99. The fourth-order valence-corrected chi connectivity index (χ4v) is 3.90. The molecule has 0 spiro atoms. The molecule has 0 bridgehead atoms. The lowest BCUT2D eigenvalue weighted by molar-refractivity contribution is -0.139. The molecule has 0 aliphatic heterocycles. The zero-order valence-electron chi connectivity index (χ0n) is 19.4. The summed E-state index contributed by atoms with van der Waals surface area (Å²) in [7, 11) is 3.15. The van der Waals surface area contributed by atoms with Gasteiger partial charge < -0.3 is 19.7 Å². The second kappa shape index (κ2) is 12.7. The lowest BCUT2D eigenvalue weighted by Crippen LogP contribution is -2.44. The van der Waals surface area contributed by atoms with Gasteiger partial charge in [0.25, 0.3) is 0 Å². The quantitative estimate of drug-likeness (QED) is 0.414. The number of carbonyl (C=O) groups excluding carboxylic acids is 2. The van der Waals surface area contributed by atoms with Crippen LogP contribution in [0.15, 0.2) is 78.9 Å². The summed E-state index contributed by atoms with van der Waals surface area (Å²) in [6.07, 6.45) is 0.678. The van der Waals surface area contributed by atoms with Crippen molar-refractivity contribution in [3.05, 3.63) is 95.6 Å². The molecule has 3 aromatic carbocycles. The van der Waals surface area contributed by atoms with Crippen LogP contribution in [0, 0.1) is 0 Å². The van der Waals surface area contributed by atoms with Gasteiger partial charge in [-0.3, -0.25) is 9.59 Å². The maximum Gasteiger partial charge on any atom is 0.247 e. The Hall–Kier alpha value is -3.51. The lowest BCUT2D eigenvalue weighted by Gasteiger charge is -2.31. The number of carbonyl (C=O) groups is 2. The maximum absolute atomic E-state index is 13.5. The van der Waals surface area contributed by atoms with Crippen molar-refractivity contribution in [2.75, 3.05) is 26.6 Å². The van der Waals surface area contributed by atoms with E-state index in [0.717, 1.165) is 11.1 Å². The van der Waals surface area contributed by atoms with Crippen molar-refractivity contribution in [2.24, 2.45) is 0 Å². The molecule has 34 heavy (non-hydrogen) atoms. The first kappa shape index (κ1) is 25.1. The molecule has 0 aliphatic rings. The molecule has 0 radical (unpaired) electrons. The van der Waals surface area contributed by atoms with Crippen LogP contribution in [0.4, 0.5) is 0 Å². The minimum atomic E-state index is -0.877. The van der Waals surface area contributed by atoms with Gasteiger partial charge in [-0.1, -0.05) is 60.7 Å². The van der Waals surface area contributed by atoms with Crippen LogP contribution in [0.5, 0.6) is 11.5 Å². The number of nitrogens with zero attached hydrogens (tertiary/aromatic N) is 1. The highest BCUT2D eigenvalue weighted by molar-refractivity contribution is 6.27. The van der Waals surface area contributed by atoms with E-state index in [9.17, 15) is 9.59 Å². The monoisotopic (exact) mass is 480 g/mol. The Labute approximate surface area is 205 Å². The summed E-state index contributed by atoms with van der Waals surface area (Å²) >= 11 is 5.98. The zero-order valence-corrected chi connectivity index (χ0v) is 20.1. The highest BCUT2D eigenvalue weighted by Gasteiger charge is 2.31. The van der Waals surface area contributed by atoms with Crippen LogP contribution < -0.4 is 14.8 Å². The smallest absolute Gasteiger partial charge is 0.247 e. The van der Waals surface area contributed by atoms with E-state index in [4.69, 9.17) is 21.1 Å². The minimum absolute atomic E-state index is 0.165. The van der Waals surface area contributed by atoms with E-state index in [1.165, 1.54) is 4.90 Å². The summed E-state index contributed by atoms with van der Waals surface area (Å²) in [6, 6.07) is 23.6. The van der Waals surface area contributed by atoms with E-state index < -0.39 is 6.04 Å². The Morgan fingerprint density at radius 3 is 2.24 bits per heavy atom. The van der Waals surface area contributed by atoms with Gasteiger partial charge in [0.15, 0.2) is 0 Å². The molecule has 0 aromatic heterocycles. The summed E-state index contributed by atoms with van der Waals surface area (Å²) in [5.74, 6) is 0.403. The van der Waals surface area contributed by atoms with Crippen molar-refractivity contribution < 1.29 is 19.1 Å². The summed E-state index contributed by atoms with van der Waals surface area (Å²) in [5.41, 5.74) is 2.55. The Kier molecular flexibility index (Phi) is 9.35. The van der Waals surface area contributed by atoms with Gasteiger partial charge in [0.05, 0.1) is 20.8 Å². The van der Waals surface area contributed by atoms with Crippen LogP contribution in [-0.2, 0) is 22.6 Å². The fraction of sp³-hybridized carbons (Fsp3) is 0.259. The van der Waals surface area contributed by atoms with Crippen LogP contribution in [-0.4, -0.2) is 43.4 Å². The van der Waals surface area contributed by atoms with Crippen molar-refractivity contribution in [2.45, 2.75) is 19.0 Å². The highest BCUT2D eigenvalue weighted by Crippen LogP contribution is 2.28. The van der Waals surface area contributed by atoms with Gasteiger partial charge in [0.1, 0.15) is 23.4 Å². The third-order valence-electron chi connectivity index (χ3n) is 5.52. The van der Waals surface area contributed by atoms with E-state index in [2.05, 4.69) is 5.32 Å². The molecule has 3 rings (SSSR count). The molecule has 1 atom stereocenters. The van der Waals surface area contributed by atoms with E-state index in [0.29, 0.717) is 30.0 Å². The molecular formula is C27H29ClN2O4. The van der Waals surface area contributed by atoms with E-state index >= 15 is 0 Å². The molecule has 0 heterocycles. The number of benzene rings is 3. The average Bonchev–Trinajstić information content (AvgIpc) is 2.89. The largest absolute Gasteiger partial charge is 0.497 e. The molecular weight excluding hydrogens is 452 g/mol. The molecule has 0 saturated carbocycles. The number of ether oxygens (including phenoxy) is 2. The van der Waals surface area contributed by atoms with Crippen molar-refractivity contribution in [1.82, 2.24) is 10.2 Å². The summed E-state index contributed by atoms with van der Waals surface area (Å²) in [4.78, 5) is 28.0. The Morgan fingerprint density at radius 2 is 1.59 bits per heavy atom. The number of para-hydroxylation sites is 1. The van der Waals surface area contributed by atoms with Crippen molar-refractivity contribution in [1.29, 1.82) is 0 Å². The molecule has 0 fully saturated rings. The second-order valence-corrected chi connectivity index (χ2v) is 7.94. The standard InChI is InChI=1S/C27H29ClN2O4/c1-33-23-14-12-21(13-15-23)26(27(32)29-17-16-20-8-4-3-5-9-20)30(25(31)18-28)19-22-10-6-7-11-24(22)34-2/h3-15,26H,16-19H2,1-2H3,(H,29,32). The van der Waals surface area contributed by atoms with Gasteiger partial charge in [-0.2, -0.15) is 0 Å². The SMILES string of the molecule is COc1ccc(C(C(=O)NCCc2ccccc2)N(Cc2ccccc2OC)C(=O)CCl)cc1. The normalized spacial score (nSPS) is 11.4. The van der Waals surface area contributed by atoms with Crippen molar-refractivity contribution in [3.63, 3.8) is 0 Å². The van der Waals surface area contributed by atoms with Gasteiger partial charge in [0.2, 0.25) is 11.8 Å². The molecule has 1 N–H and O–H groups in total. The number of alkyl halides is 1. The maximum atomic E-state index is 13.5. The van der Waals surface area contributed by atoms with Crippen LogP contribution in [0.3, 0.4) is 0 Å². The number of halogens is 1. The van der Waals surface area contributed by atoms with Gasteiger partial charge in [0, 0.05) is 12.1 Å². The van der Waals surface area contributed by atoms with Crippen LogP contribution >= 0.6 is 11.6 Å². The minimum Gasteiger partial charge on any atom is -0.497 e. The first-order chi connectivity index (χ1) is 16.6. The second-order valence-electron chi connectivity index (χ2n) is 7.67. The topological polar surface area (TPSA) is 67.9 Å². The number of amides is 2. The molecule has 0 saturated heterocycles. The van der Waals surface area contributed by atoms with Gasteiger partial charge in [-0.05, 0) is 35.7 Å². The van der Waals surface area contributed by atoms with Crippen LogP contribution in [0.2, 0.25) is 0 Å². The Morgan fingerprint density at radius 1 is 0.912 bits per heavy atom. The van der Waals surface area contributed by atoms with Crippen molar-refractivity contribution >= 4 is 23.4 Å². The molecule has 0 aliphatic carbocycles. The lowest BCUT2D eigenvalue weighted by atomic mass is 10.0. The van der Waals surface area contributed by atoms with Crippen LogP contribution in [0.1, 0.15) is 22.7 Å². The summed E-state index contributed by atoms with van der Waals surface area (Å²) in [6.45, 7) is 0.603. The Bertz CT molecular complexity index is 1070. The number of hydrogen-bond donors (Lipinski definition) is 1. The third-order valence-corrected chi connectivity index (χ3v) is 5.74.